The zero-order chi connectivity index (χ0) is 22.0. The van der Waals surface area contributed by atoms with Gasteiger partial charge in [0.25, 0.3) is 5.56 Å². The lowest BCUT2D eigenvalue weighted by Crippen LogP contribution is -2.39. The average Bonchev–Trinajstić information content (AvgIpc) is 2.78. The third kappa shape index (κ3) is 4.47. The first-order valence-corrected chi connectivity index (χ1v) is 10.3. The molecule has 162 valence electrons. The van der Waals surface area contributed by atoms with E-state index in [1.165, 1.54) is 23.0 Å². The van der Waals surface area contributed by atoms with E-state index in [4.69, 9.17) is 0 Å². The van der Waals surface area contributed by atoms with Crippen molar-refractivity contribution in [3.05, 3.63) is 76.3 Å². The predicted molar refractivity (Wildman–Crippen MR) is 110 cm³/mol. The normalized spacial score (nSPS) is 17.1. The number of likely N-dealkylation sites (tertiary alicyclic amines) is 1. The van der Waals surface area contributed by atoms with Gasteiger partial charge in [-0.25, -0.2) is 4.98 Å². The first kappa shape index (κ1) is 21.1. The maximum Gasteiger partial charge on any atom is 0.416 e. The van der Waals surface area contributed by atoms with Crippen molar-refractivity contribution in [1.29, 1.82) is 0 Å². The Morgan fingerprint density at radius 3 is 2.55 bits per heavy atom. The SMILES string of the molecule is O=C(CCn1cnc2ccccc2c1=O)N1CCCC[C@H]1c1ccc(C(F)(F)F)cc1. The molecular formula is C23H22F3N3O2. The van der Waals surface area contributed by atoms with E-state index in [9.17, 15) is 22.8 Å². The van der Waals surface area contributed by atoms with Crippen LogP contribution in [0.25, 0.3) is 10.9 Å². The quantitative estimate of drug-likeness (QED) is 0.611. The number of aromatic nitrogens is 2. The van der Waals surface area contributed by atoms with Gasteiger partial charge in [-0.2, -0.15) is 13.2 Å². The number of halogens is 3. The highest BCUT2D eigenvalue weighted by molar-refractivity contribution is 5.78. The van der Waals surface area contributed by atoms with Crippen molar-refractivity contribution in [3.8, 4) is 0 Å². The third-order valence-electron chi connectivity index (χ3n) is 5.74. The van der Waals surface area contributed by atoms with Gasteiger partial charge >= 0.3 is 6.18 Å². The van der Waals surface area contributed by atoms with Crippen molar-refractivity contribution >= 4 is 16.8 Å². The van der Waals surface area contributed by atoms with Gasteiger partial charge in [0.05, 0.1) is 28.8 Å². The van der Waals surface area contributed by atoms with Crippen molar-refractivity contribution in [2.45, 2.75) is 44.4 Å². The summed E-state index contributed by atoms with van der Waals surface area (Å²) < 4.78 is 40.0. The fraction of sp³-hybridized carbons (Fsp3) is 0.348. The molecule has 1 saturated heterocycles. The van der Waals surface area contributed by atoms with E-state index >= 15 is 0 Å². The number of hydrogen-bond donors (Lipinski definition) is 0. The summed E-state index contributed by atoms with van der Waals surface area (Å²) in [5.41, 5.74) is 0.406. The second-order valence-electron chi connectivity index (χ2n) is 7.73. The minimum Gasteiger partial charge on any atom is -0.336 e. The van der Waals surface area contributed by atoms with Gasteiger partial charge in [-0.1, -0.05) is 24.3 Å². The monoisotopic (exact) mass is 429 g/mol. The van der Waals surface area contributed by atoms with E-state index in [0.717, 1.165) is 25.0 Å². The molecule has 1 aliphatic rings. The number of carbonyl (C=O) groups excluding carboxylic acids is 1. The number of nitrogens with zero attached hydrogens (tertiary/aromatic N) is 3. The number of benzene rings is 2. The molecule has 0 unspecified atom stereocenters. The van der Waals surface area contributed by atoms with Crippen LogP contribution in [0, 0.1) is 0 Å². The van der Waals surface area contributed by atoms with Crippen molar-refractivity contribution < 1.29 is 18.0 Å². The van der Waals surface area contributed by atoms with Crippen LogP contribution >= 0.6 is 0 Å². The van der Waals surface area contributed by atoms with Gasteiger partial charge in [-0.15, -0.1) is 0 Å². The molecule has 0 aliphatic carbocycles. The summed E-state index contributed by atoms with van der Waals surface area (Å²) in [5, 5.41) is 0.498. The van der Waals surface area contributed by atoms with Crippen molar-refractivity contribution in [2.75, 3.05) is 6.54 Å². The average molecular weight is 429 g/mol. The maximum absolute atomic E-state index is 13.0. The molecule has 1 aromatic heterocycles. The van der Waals surface area contributed by atoms with E-state index in [0.29, 0.717) is 29.4 Å². The molecule has 8 heteroatoms. The Balaban J connectivity index is 1.49. The third-order valence-corrected chi connectivity index (χ3v) is 5.74. The summed E-state index contributed by atoms with van der Waals surface area (Å²) in [6, 6.07) is 11.8. The molecule has 0 N–H and O–H groups in total. The van der Waals surface area contributed by atoms with Gasteiger partial charge < -0.3 is 4.90 Å². The highest BCUT2D eigenvalue weighted by Crippen LogP contribution is 2.34. The van der Waals surface area contributed by atoms with E-state index in [1.54, 1.807) is 29.2 Å². The lowest BCUT2D eigenvalue weighted by molar-refractivity contribution is -0.138. The van der Waals surface area contributed by atoms with Crippen LogP contribution in [0.5, 0.6) is 0 Å². The van der Waals surface area contributed by atoms with Crippen LogP contribution in [-0.4, -0.2) is 26.9 Å². The molecule has 2 heterocycles. The largest absolute Gasteiger partial charge is 0.416 e. The van der Waals surface area contributed by atoms with Gasteiger partial charge in [-0.3, -0.25) is 14.2 Å². The van der Waals surface area contributed by atoms with E-state index in [-0.39, 0.29) is 30.5 Å². The van der Waals surface area contributed by atoms with E-state index in [2.05, 4.69) is 4.98 Å². The molecule has 0 radical (unpaired) electrons. The van der Waals surface area contributed by atoms with Crippen molar-refractivity contribution in [2.24, 2.45) is 0 Å². The number of piperidine rings is 1. The Kier molecular flexibility index (Phi) is 5.80. The highest BCUT2D eigenvalue weighted by atomic mass is 19.4. The first-order valence-electron chi connectivity index (χ1n) is 10.3. The van der Waals surface area contributed by atoms with Crippen LogP contribution < -0.4 is 5.56 Å². The number of carbonyl (C=O) groups is 1. The minimum absolute atomic E-state index is 0.121. The molecule has 1 atom stereocenters. The number of rotatable bonds is 4. The van der Waals surface area contributed by atoms with Crippen molar-refractivity contribution in [1.82, 2.24) is 14.5 Å². The highest BCUT2D eigenvalue weighted by Gasteiger charge is 2.32. The number of alkyl halides is 3. The summed E-state index contributed by atoms with van der Waals surface area (Å²) in [6.45, 7) is 0.751. The summed E-state index contributed by atoms with van der Waals surface area (Å²) in [7, 11) is 0. The van der Waals surface area contributed by atoms with Gasteiger partial charge in [0.1, 0.15) is 0 Å². The van der Waals surface area contributed by atoms with Gasteiger partial charge in [0.2, 0.25) is 5.91 Å². The minimum atomic E-state index is -4.39. The Morgan fingerprint density at radius 2 is 1.81 bits per heavy atom. The Labute approximate surface area is 177 Å². The van der Waals surface area contributed by atoms with Crippen molar-refractivity contribution in [3.63, 3.8) is 0 Å². The molecule has 0 spiro atoms. The van der Waals surface area contributed by atoms with Crippen LogP contribution in [0.15, 0.2) is 59.7 Å². The lowest BCUT2D eigenvalue weighted by atomic mass is 9.94. The second kappa shape index (κ2) is 8.53. The topological polar surface area (TPSA) is 55.2 Å². The van der Waals surface area contributed by atoms with E-state index < -0.39 is 11.7 Å². The van der Waals surface area contributed by atoms with Gasteiger partial charge in [-0.05, 0) is 49.1 Å². The molecule has 0 saturated carbocycles. The Morgan fingerprint density at radius 1 is 1.06 bits per heavy atom. The number of amides is 1. The molecule has 0 bridgehead atoms. The summed E-state index contributed by atoms with van der Waals surface area (Å²) in [5.74, 6) is -0.121. The number of hydrogen-bond acceptors (Lipinski definition) is 3. The molecule has 2 aromatic carbocycles. The lowest BCUT2D eigenvalue weighted by Gasteiger charge is -2.36. The standard InChI is InChI=1S/C23H22F3N3O2/c24-23(25,26)17-10-8-16(9-11-17)20-7-3-4-13-29(20)21(30)12-14-28-15-27-19-6-2-1-5-18(19)22(28)31/h1-2,5-6,8-11,15,20H,3-4,7,12-14H2/t20-/m0/s1. The molecule has 31 heavy (non-hydrogen) atoms. The number of fused-ring (bicyclic) bond motifs is 1. The number of aryl methyl sites for hydroxylation is 1. The molecular weight excluding hydrogens is 407 g/mol. The van der Waals surface area contributed by atoms with Gasteiger partial charge in [0, 0.05) is 19.5 Å². The summed E-state index contributed by atoms with van der Waals surface area (Å²) in [6.07, 6.45) is -0.362. The fourth-order valence-corrected chi connectivity index (χ4v) is 4.10. The first-order chi connectivity index (χ1) is 14.8. The fourth-order valence-electron chi connectivity index (χ4n) is 4.10. The molecule has 3 aromatic rings. The molecule has 1 aliphatic heterocycles. The zero-order valence-corrected chi connectivity index (χ0v) is 16.8. The summed E-state index contributed by atoms with van der Waals surface area (Å²) in [4.78, 5) is 31.6. The van der Waals surface area contributed by atoms with Crippen LogP contribution in [0.1, 0.15) is 42.9 Å². The van der Waals surface area contributed by atoms with Gasteiger partial charge in [0.15, 0.2) is 0 Å². The van der Waals surface area contributed by atoms with Crippen LogP contribution in [0.4, 0.5) is 13.2 Å². The molecule has 5 nitrogen and oxygen atoms in total. The predicted octanol–water partition coefficient (Wildman–Crippen LogP) is 4.56. The Hall–Kier alpha value is -3.16. The number of para-hydroxylation sites is 1. The molecule has 1 fully saturated rings. The molecule has 4 rings (SSSR count). The Bertz CT molecular complexity index is 1140. The van der Waals surface area contributed by atoms with Crippen LogP contribution in [0.3, 0.4) is 0 Å². The molecule has 1 amide bonds. The smallest absolute Gasteiger partial charge is 0.336 e. The van der Waals surface area contributed by atoms with Crippen LogP contribution in [-0.2, 0) is 17.5 Å². The van der Waals surface area contributed by atoms with Crippen LogP contribution in [0.2, 0.25) is 0 Å². The zero-order valence-electron chi connectivity index (χ0n) is 16.8. The maximum atomic E-state index is 13.0. The van der Waals surface area contributed by atoms with E-state index in [1.807, 2.05) is 0 Å². The summed E-state index contributed by atoms with van der Waals surface area (Å²) >= 11 is 0. The second-order valence-corrected chi connectivity index (χ2v) is 7.73.